The molecular formula is C26H29F3N2O3. The average molecular weight is 475 g/mol. The fourth-order valence-corrected chi connectivity index (χ4v) is 3.73. The molecule has 0 saturated heterocycles. The predicted octanol–water partition coefficient (Wildman–Crippen LogP) is 6.01. The maximum absolute atomic E-state index is 13.5. The molecule has 0 N–H and O–H groups in total. The van der Waals surface area contributed by atoms with Crippen LogP contribution in [-0.2, 0) is 19.3 Å². The van der Waals surface area contributed by atoms with Gasteiger partial charge in [0.05, 0.1) is 31.9 Å². The summed E-state index contributed by atoms with van der Waals surface area (Å²) in [5, 5.41) is 0. The van der Waals surface area contributed by atoms with Crippen LogP contribution in [0.3, 0.4) is 0 Å². The summed E-state index contributed by atoms with van der Waals surface area (Å²) < 4.78 is 51.8. The molecule has 1 aromatic heterocycles. The van der Waals surface area contributed by atoms with Gasteiger partial charge in [-0.1, -0.05) is 25.5 Å². The zero-order valence-electron chi connectivity index (χ0n) is 19.6. The molecule has 0 spiro atoms. The van der Waals surface area contributed by atoms with Crippen LogP contribution in [0.4, 0.5) is 13.2 Å². The number of alkyl halides is 3. The molecule has 0 atom stereocenters. The Kier molecular flexibility index (Phi) is 8.26. The number of halogens is 3. The molecule has 34 heavy (non-hydrogen) atoms. The number of aromatic nitrogens is 1. The third kappa shape index (κ3) is 6.12. The summed E-state index contributed by atoms with van der Waals surface area (Å²) in [5.41, 5.74) is 1.12. The standard InChI is InChI=1S/C26H29F3N2O3/c1-4-5-13-31(25(32)23-12-11-22(33-2)16-24(23)34-3)18-21-10-7-14-30(21)17-19-8-6-9-20(15-19)26(27,28)29/h6-12,14-16H,4-5,13,17-18H2,1-3H3. The first-order valence-corrected chi connectivity index (χ1v) is 11.1. The summed E-state index contributed by atoms with van der Waals surface area (Å²) >= 11 is 0. The number of carbonyl (C=O) groups is 1. The molecule has 0 bridgehead atoms. The quantitative estimate of drug-likeness (QED) is 0.361. The summed E-state index contributed by atoms with van der Waals surface area (Å²) in [7, 11) is 3.05. The Labute approximate surface area is 197 Å². The minimum atomic E-state index is -4.39. The van der Waals surface area contributed by atoms with Gasteiger partial charge in [-0.15, -0.1) is 0 Å². The molecule has 0 aliphatic heterocycles. The van der Waals surface area contributed by atoms with Crippen molar-refractivity contribution in [1.29, 1.82) is 0 Å². The van der Waals surface area contributed by atoms with E-state index in [1.54, 1.807) is 36.3 Å². The third-order valence-electron chi connectivity index (χ3n) is 5.59. The Morgan fingerprint density at radius 2 is 1.82 bits per heavy atom. The number of hydrogen-bond acceptors (Lipinski definition) is 3. The summed E-state index contributed by atoms with van der Waals surface area (Å²) in [6.07, 6.45) is -0.852. The number of amides is 1. The largest absolute Gasteiger partial charge is 0.497 e. The van der Waals surface area contributed by atoms with Crippen molar-refractivity contribution in [3.63, 3.8) is 0 Å². The molecule has 0 unspecified atom stereocenters. The topological polar surface area (TPSA) is 43.7 Å². The van der Waals surface area contributed by atoms with Crippen LogP contribution in [0.2, 0.25) is 0 Å². The van der Waals surface area contributed by atoms with Crippen molar-refractivity contribution in [3.8, 4) is 11.5 Å². The van der Waals surface area contributed by atoms with Crippen molar-refractivity contribution in [2.75, 3.05) is 20.8 Å². The number of methoxy groups -OCH3 is 2. The second-order valence-corrected chi connectivity index (χ2v) is 7.97. The number of nitrogens with zero attached hydrogens (tertiary/aromatic N) is 2. The molecule has 1 heterocycles. The molecule has 2 aromatic carbocycles. The Morgan fingerprint density at radius 3 is 2.50 bits per heavy atom. The molecule has 0 aliphatic rings. The predicted molar refractivity (Wildman–Crippen MR) is 124 cm³/mol. The summed E-state index contributed by atoms with van der Waals surface area (Å²) in [4.78, 5) is 15.2. The van der Waals surface area contributed by atoms with Crippen molar-refractivity contribution in [2.45, 2.75) is 39.0 Å². The second kappa shape index (κ2) is 11.1. The van der Waals surface area contributed by atoms with E-state index in [-0.39, 0.29) is 12.5 Å². The molecule has 182 valence electrons. The van der Waals surface area contributed by atoms with Crippen LogP contribution in [0.15, 0.2) is 60.8 Å². The van der Waals surface area contributed by atoms with E-state index in [4.69, 9.17) is 9.47 Å². The van der Waals surface area contributed by atoms with Crippen LogP contribution in [0.25, 0.3) is 0 Å². The zero-order chi connectivity index (χ0) is 24.7. The van der Waals surface area contributed by atoms with Crippen molar-refractivity contribution in [1.82, 2.24) is 9.47 Å². The average Bonchev–Trinajstić information content (AvgIpc) is 3.26. The Balaban J connectivity index is 1.85. The fourth-order valence-electron chi connectivity index (χ4n) is 3.73. The van der Waals surface area contributed by atoms with E-state index in [0.717, 1.165) is 30.7 Å². The molecule has 0 saturated carbocycles. The lowest BCUT2D eigenvalue weighted by molar-refractivity contribution is -0.137. The maximum atomic E-state index is 13.5. The van der Waals surface area contributed by atoms with Gasteiger partial charge in [-0.05, 0) is 48.4 Å². The van der Waals surface area contributed by atoms with E-state index in [0.29, 0.717) is 35.7 Å². The molecule has 0 fully saturated rings. The molecule has 0 aliphatic carbocycles. The minimum absolute atomic E-state index is 0.181. The highest BCUT2D eigenvalue weighted by Crippen LogP contribution is 2.30. The summed E-state index contributed by atoms with van der Waals surface area (Å²) in [6, 6.07) is 14.1. The highest BCUT2D eigenvalue weighted by atomic mass is 19.4. The van der Waals surface area contributed by atoms with E-state index in [1.165, 1.54) is 13.2 Å². The lowest BCUT2D eigenvalue weighted by Gasteiger charge is -2.24. The van der Waals surface area contributed by atoms with Crippen LogP contribution in [0.5, 0.6) is 11.5 Å². The van der Waals surface area contributed by atoms with E-state index in [1.807, 2.05) is 29.8 Å². The lowest BCUT2D eigenvalue weighted by Crippen LogP contribution is -2.32. The highest BCUT2D eigenvalue weighted by molar-refractivity contribution is 5.97. The first-order valence-electron chi connectivity index (χ1n) is 11.1. The van der Waals surface area contributed by atoms with Crippen molar-refractivity contribution in [2.24, 2.45) is 0 Å². The monoisotopic (exact) mass is 474 g/mol. The number of ether oxygens (including phenoxy) is 2. The number of rotatable bonds is 10. The molecule has 0 radical (unpaired) electrons. The molecule has 8 heteroatoms. The Morgan fingerprint density at radius 1 is 1.03 bits per heavy atom. The van der Waals surface area contributed by atoms with E-state index in [9.17, 15) is 18.0 Å². The van der Waals surface area contributed by atoms with Gasteiger partial charge in [0.25, 0.3) is 5.91 Å². The van der Waals surface area contributed by atoms with Gasteiger partial charge in [0.2, 0.25) is 0 Å². The first-order chi connectivity index (χ1) is 16.3. The highest BCUT2D eigenvalue weighted by Gasteiger charge is 2.30. The number of carbonyl (C=O) groups excluding carboxylic acids is 1. The number of benzene rings is 2. The van der Waals surface area contributed by atoms with Crippen molar-refractivity contribution >= 4 is 5.91 Å². The lowest BCUT2D eigenvalue weighted by atomic mass is 10.1. The van der Waals surface area contributed by atoms with Gasteiger partial charge in [0.15, 0.2) is 0 Å². The maximum Gasteiger partial charge on any atom is 0.416 e. The van der Waals surface area contributed by atoms with Crippen LogP contribution >= 0.6 is 0 Å². The van der Waals surface area contributed by atoms with Gasteiger partial charge < -0.3 is 18.9 Å². The molecule has 3 aromatic rings. The van der Waals surface area contributed by atoms with Gasteiger partial charge in [0, 0.05) is 31.0 Å². The molecule has 3 rings (SSSR count). The molecule has 5 nitrogen and oxygen atoms in total. The second-order valence-electron chi connectivity index (χ2n) is 7.97. The van der Waals surface area contributed by atoms with Gasteiger partial charge in [0.1, 0.15) is 11.5 Å². The van der Waals surface area contributed by atoms with Crippen LogP contribution in [0, 0.1) is 0 Å². The SMILES string of the molecule is CCCCN(Cc1cccn1Cc1cccc(C(F)(F)F)c1)C(=O)c1ccc(OC)cc1OC. The number of hydrogen-bond donors (Lipinski definition) is 0. The van der Waals surface area contributed by atoms with Gasteiger partial charge in [-0.25, -0.2) is 0 Å². The van der Waals surface area contributed by atoms with E-state index >= 15 is 0 Å². The van der Waals surface area contributed by atoms with Crippen molar-refractivity contribution in [3.05, 3.63) is 83.2 Å². The summed E-state index contributed by atoms with van der Waals surface area (Å²) in [6.45, 7) is 3.18. The Hall–Kier alpha value is -3.42. The van der Waals surface area contributed by atoms with E-state index in [2.05, 4.69) is 0 Å². The summed E-state index contributed by atoms with van der Waals surface area (Å²) in [5.74, 6) is 0.827. The minimum Gasteiger partial charge on any atom is -0.497 e. The van der Waals surface area contributed by atoms with Crippen LogP contribution in [-0.4, -0.2) is 36.1 Å². The molecule has 1 amide bonds. The first kappa shape index (κ1) is 25.2. The Bertz CT molecular complexity index is 1110. The smallest absolute Gasteiger partial charge is 0.416 e. The van der Waals surface area contributed by atoms with Gasteiger partial charge in [-0.2, -0.15) is 13.2 Å². The van der Waals surface area contributed by atoms with Crippen LogP contribution < -0.4 is 9.47 Å². The van der Waals surface area contributed by atoms with Crippen molar-refractivity contribution < 1.29 is 27.4 Å². The fraction of sp³-hybridized carbons (Fsp3) is 0.346. The van der Waals surface area contributed by atoms with E-state index < -0.39 is 11.7 Å². The van der Waals surface area contributed by atoms with Crippen LogP contribution in [0.1, 0.15) is 46.9 Å². The third-order valence-corrected chi connectivity index (χ3v) is 5.59. The van der Waals surface area contributed by atoms with Gasteiger partial charge in [-0.3, -0.25) is 4.79 Å². The zero-order valence-corrected chi connectivity index (χ0v) is 19.6. The number of unbranched alkanes of at least 4 members (excludes halogenated alkanes) is 1. The molecular weight excluding hydrogens is 445 g/mol. The normalized spacial score (nSPS) is 11.4. The van der Waals surface area contributed by atoms with Gasteiger partial charge >= 0.3 is 6.18 Å².